The van der Waals surface area contributed by atoms with Crippen LogP contribution in [0.2, 0.25) is 0 Å². The van der Waals surface area contributed by atoms with Crippen LogP contribution < -0.4 is 15.8 Å². The molecule has 0 aliphatic heterocycles. The summed E-state index contributed by atoms with van der Waals surface area (Å²) in [5, 5.41) is 2.73. The Bertz CT molecular complexity index is 1000. The molecule has 1 aromatic heterocycles. The quantitative estimate of drug-likeness (QED) is 0.530. The largest absolute Gasteiger partial charge is 0.382 e. The summed E-state index contributed by atoms with van der Waals surface area (Å²) in [6.07, 6.45) is 9.14. The summed E-state index contributed by atoms with van der Waals surface area (Å²) in [7, 11) is -3.94. The minimum Gasteiger partial charge on any atom is -0.382 e. The van der Waals surface area contributed by atoms with Crippen LogP contribution in [0.1, 0.15) is 61.0 Å². The highest BCUT2D eigenvalue weighted by atomic mass is 32.2. The Morgan fingerprint density at radius 1 is 1.03 bits per heavy atom. The number of carbonyl (C=O) groups excluding carboxylic acids is 2. The van der Waals surface area contributed by atoms with Gasteiger partial charge >= 0.3 is 6.03 Å². The lowest BCUT2D eigenvalue weighted by Crippen LogP contribution is -2.45. The number of rotatable bonds is 8. The van der Waals surface area contributed by atoms with Gasteiger partial charge in [-0.25, -0.2) is 27.9 Å². The summed E-state index contributed by atoms with van der Waals surface area (Å²) in [6.45, 7) is 0. The van der Waals surface area contributed by atoms with Crippen LogP contribution in [0, 0.1) is 0 Å². The third kappa shape index (κ3) is 6.74. The number of amides is 2. The number of nitrogens with two attached hydrogens (primary N) is 1. The molecule has 1 aliphatic rings. The Labute approximate surface area is 181 Å². The van der Waals surface area contributed by atoms with E-state index in [1.165, 1.54) is 24.5 Å². The Balaban J connectivity index is 1.48. The van der Waals surface area contributed by atoms with Crippen molar-refractivity contribution in [3.8, 4) is 0 Å². The topological polar surface area (TPSA) is 144 Å². The summed E-state index contributed by atoms with van der Waals surface area (Å²) in [6, 6.07) is 5.60. The van der Waals surface area contributed by atoms with E-state index in [-0.39, 0.29) is 28.2 Å². The molecule has 9 nitrogen and oxygen atoms in total. The van der Waals surface area contributed by atoms with Gasteiger partial charge in [-0.1, -0.05) is 31.4 Å². The summed E-state index contributed by atoms with van der Waals surface area (Å²) in [4.78, 5) is 32.0. The maximum atomic E-state index is 12.4. The molecule has 1 heterocycles. The summed E-state index contributed by atoms with van der Waals surface area (Å²) < 4.78 is 27.0. The summed E-state index contributed by atoms with van der Waals surface area (Å²) in [5.74, 6) is 0.132. The first-order valence-electron chi connectivity index (χ1n) is 10.4. The lowest BCUT2D eigenvalue weighted by Gasteiger charge is -2.22. The zero-order valence-electron chi connectivity index (χ0n) is 17.2. The highest BCUT2D eigenvalue weighted by Crippen LogP contribution is 2.18. The van der Waals surface area contributed by atoms with Gasteiger partial charge in [-0.2, -0.15) is 0 Å². The number of aromatic nitrogens is 2. The van der Waals surface area contributed by atoms with Crippen molar-refractivity contribution in [1.82, 2.24) is 20.0 Å². The Kier molecular flexibility index (Phi) is 7.56. The second-order valence-electron chi connectivity index (χ2n) is 7.66. The molecular formula is C21H27N5O4S. The first kappa shape index (κ1) is 22.7. The lowest BCUT2D eigenvalue weighted by molar-refractivity contribution is 0.0975. The van der Waals surface area contributed by atoms with Crippen LogP contribution in [0.15, 0.2) is 41.6 Å². The van der Waals surface area contributed by atoms with Crippen molar-refractivity contribution in [3.63, 3.8) is 0 Å². The number of sulfonamides is 1. The molecule has 0 radical (unpaired) electrons. The highest BCUT2D eigenvalue weighted by molar-refractivity contribution is 7.90. The van der Waals surface area contributed by atoms with Crippen molar-refractivity contribution in [1.29, 1.82) is 0 Å². The minimum absolute atomic E-state index is 0.0169. The smallest absolute Gasteiger partial charge is 0.328 e. The second kappa shape index (κ2) is 10.3. The van der Waals surface area contributed by atoms with Gasteiger partial charge in [0, 0.05) is 12.5 Å². The molecule has 0 unspecified atom stereocenters. The molecule has 31 heavy (non-hydrogen) atoms. The van der Waals surface area contributed by atoms with Crippen molar-refractivity contribution >= 4 is 27.7 Å². The molecule has 1 saturated carbocycles. The molecule has 0 atom stereocenters. The molecule has 4 N–H and O–H groups in total. The molecule has 0 bridgehead atoms. The van der Waals surface area contributed by atoms with E-state index in [4.69, 9.17) is 5.73 Å². The maximum Gasteiger partial charge on any atom is 0.328 e. The van der Waals surface area contributed by atoms with Crippen LogP contribution in [0.4, 0.5) is 10.6 Å². The number of aryl methyl sites for hydroxylation is 1. The molecular weight excluding hydrogens is 418 g/mol. The van der Waals surface area contributed by atoms with E-state index in [0.717, 1.165) is 37.7 Å². The third-order valence-corrected chi connectivity index (χ3v) is 6.57. The van der Waals surface area contributed by atoms with Gasteiger partial charge in [-0.05, 0) is 43.4 Å². The van der Waals surface area contributed by atoms with E-state index < -0.39 is 16.1 Å². The van der Waals surface area contributed by atoms with E-state index in [1.54, 1.807) is 12.1 Å². The molecule has 2 amide bonds. The fourth-order valence-corrected chi connectivity index (χ4v) is 4.46. The van der Waals surface area contributed by atoms with Gasteiger partial charge in [-0.3, -0.25) is 4.79 Å². The minimum atomic E-state index is -3.94. The van der Waals surface area contributed by atoms with Crippen LogP contribution in [0.25, 0.3) is 0 Å². The third-order valence-electron chi connectivity index (χ3n) is 5.23. The number of benzene rings is 1. The molecule has 2 aromatic rings. The highest BCUT2D eigenvalue weighted by Gasteiger charge is 2.21. The number of carbonyl (C=O) groups is 2. The Morgan fingerprint density at radius 2 is 1.74 bits per heavy atom. The monoisotopic (exact) mass is 445 g/mol. The van der Waals surface area contributed by atoms with E-state index >= 15 is 0 Å². The van der Waals surface area contributed by atoms with E-state index in [9.17, 15) is 18.0 Å². The zero-order chi connectivity index (χ0) is 22.3. The molecule has 166 valence electrons. The second-order valence-corrected chi connectivity index (χ2v) is 9.34. The number of urea groups is 1. The number of anilines is 1. The average molecular weight is 446 g/mol. The normalized spacial score (nSPS) is 14.7. The average Bonchev–Trinajstić information content (AvgIpc) is 2.75. The van der Waals surface area contributed by atoms with Crippen molar-refractivity contribution in [2.75, 3.05) is 5.73 Å². The standard InChI is InChI=1S/C21H27N5O4S/c22-20-14-23-18(13-24-20)19(27)8-4-5-15-9-11-17(12-10-15)31(29,30)26-21(28)25-16-6-2-1-3-7-16/h9-14,16H,1-8H2,(H2,22,24)(H2,25,26,28). The number of nitrogens with one attached hydrogen (secondary N) is 2. The Morgan fingerprint density at radius 3 is 2.39 bits per heavy atom. The SMILES string of the molecule is Nc1cnc(C(=O)CCCc2ccc(S(=O)(=O)NC(=O)NC3CCCCC3)cc2)cn1. The summed E-state index contributed by atoms with van der Waals surface area (Å²) >= 11 is 0. The molecule has 10 heteroatoms. The first-order valence-corrected chi connectivity index (χ1v) is 11.8. The van der Waals surface area contributed by atoms with Crippen molar-refractivity contribution in [2.45, 2.75) is 62.3 Å². The van der Waals surface area contributed by atoms with Crippen molar-refractivity contribution in [2.24, 2.45) is 0 Å². The van der Waals surface area contributed by atoms with Gasteiger partial charge in [0.1, 0.15) is 11.5 Å². The number of nitrogen functional groups attached to an aromatic ring is 1. The molecule has 1 fully saturated rings. The molecule has 0 saturated heterocycles. The van der Waals surface area contributed by atoms with Gasteiger partial charge in [0.05, 0.1) is 17.3 Å². The molecule has 3 rings (SSSR count). The Hall–Kier alpha value is -3.01. The van der Waals surface area contributed by atoms with Crippen LogP contribution in [-0.2, 0) is 16.4 Å². The lowest BCUT2D eigenvalue weighted by atomic mass is 9.96. The van der Waals surface area contributed by atoms with E-state index in [2.05, 4.69) is 20.0 Å². The number of nitrogens with zero attached hydrogens (tertiary/aromatic N) is 2. The predicted octanol–water partition coefficient (Wildman–Crippen LogP) is 2.58. The van der Waals surface area contributed by atoms with Crippen LogP contribution >= 0.6 is 0 Å². The zero-order valence-corrected chi connectivity index (χ0v) is 18.0. The first-order chi connectivity index (χ1) is 14.8. The molecule has 1 aromatic carbocycles. The number of hydrogen-bond acceptors (Lipinski definition) is 7. The van der Waals surface area contributed by atoms with Gasteiger partial charge < -0.3 is 11.1 Å². The predicted molar refractivity (Wildman–Crippen MR) is 116 cm³/mol. The van der Waals surface area contributed by atoms with Crippen LogP contribution in [0.3, 0.4) is 0 Å². The van der Waals surface area contributed by atoms with E-state index in [0.29, 0.717) is 19.3 Å². The van der Waals surface area contributed by atoms with Crippen molar-refractivity contribution < 1.29 is 18.0 Å². The van der Waals surface area contributed by atoms with Gasteiger partial charge in [0.25, 0.3) is 10.0 Å². The van der Waals surface area contributed by atoms with Gasteiger partial charge in [0.2, 0.25) is 0 Å². The fraction of sp³-hybridized carbons (Fsp3) is 0.429. The van der Waals surface area contributed by atoms with Crippen molar-refractivity contribution in [3.05, 3.63) is 47.9 Å². The molecule has 1 aliphatic carbocycles. The van der Waals surface area contributed by atoms with Gasteiger partial charge in [0.15, 0.2) is 5.78 Å². The number of Topliss-reactive ketones (excluding diaryl/α,β-unsaturated/α-hetero) is 1. The van der Waals surface area contributed by atoms with Crippen LogP contribution in [-0.4, -0.2) is 36.2 Å². The number of ketones is 1. The number of hydrogen-bond donors (Lipinski definition) is 3. The fourth-order valence-electron chi connectivity index (χ4n) is 3.54. The van der Waals surface area contributed by atoms with Crippen LogP contribution in [0.5, 0.6) is 0 Å². The van der Waals surface area contributed by atoms with E-state index in [1.807, 2.05) is 0 Å². The van der Waals surface area contributed by atoms with Gasteiger partial charge in [-0.15, -0.1) is 0 Å². The molecule has 0 spiro atoms. The maximum absolute atomic E-state index is 12.4. The summed E-state index contributed by atoms with van der Waals surface area (Å²) in [5.41, 5.74) is 6.62.